The number of sulfonamides is 1. The van der Waals surface area contributed by atoms with Crippen LogP contribution in [0.2, 0.25) is 0 Å². The van der Waals surface area contributed by atoms with Gasteiger partial charge in [0, 0.05) is 17.4 Å². The third-order valence-electron chi connectivity index (χ3n) is 2.16. The molecule has 0 atom stereocenters. The van der Waals surface area contributed by atoms with Gasteiger partial charge in [0.25, 0.3) is 0 Å². The van der Waals surface area contributed by atoms with Crippen molar-refractivity contribution in [1.82, 2.24) is 4.72 Å². The first-order valence-corrected chi connectivity index (χ1v) is 10.1. The Balaban J connectivity index is 2.43. The summed E-state index contributed by atoms with van der Waals surface area (Å²) in [7, 11) is -3.54. The lowest BCUT2D eigenvalue weighted by Gasteiger charge is -2.19. The molecule has 0 bridgehead atoms. The number of ether oxygens (including phenoxy) is 1. The molecule has 0 radical (unpaired) electrons. The van der Waals surface area contributed by atoms with Crippen molar-refractivity contribution in [3.63, 3.8) is 0 Å². The molecule has 0 fully saturated rings. The van der Waals surface area contributed by atoms with Gasteiger partial charge >= 0.3 is 5.97 Å². The molecule has 1 heterocycles. The fraction of sp³-hybridized carbons (Fsp3) is 0.583. The van der Waals surface area contributed by atoms with Crippen LogP contribution in [-0.4, -0.2) is 26.5 Å². The Morgan fingerprint density at radius 2 is 2.00 bits per heavy atom. The molecule has 0 saturated carbocycles. The summed E-state index contributed by atoms with van der Waals surface area (Å²) in [4.78, 5) is 11.5. The number of thiophene rings is 1. The molecular formula is C12H17Br2NO4S2. The molecule has 0 aliphatic heterocycles. The topological polar surface area (TPSA) is 72.5 Å². The number of esters is 1. The lowest BCUT2D eigenvalue weighted by Crippen LogP contribution is -2.26. The maximum absolute atomic E-state index is 12.0. The molecule has 1 N–H and O–H groups in total. The van der Waals surface area contributed by atoms with E-state index in [1.54, 1.807) is 20.8 Å². The van der Waals surface area contributed by atoms with Gasteiger partial charge < -0.3 is 4.74 Å². The van der Waals surface area contributed by atoms with E-state index < -0.39 is 15.6 Å². The minimum atomic E-state index is -3.54. The van der Waals surface area contributed by atoms with Crippen molar-refractivity contribution in [2.24, 2.45) is 0 Å². The lowest BCUT2D eigenvalue weighted by molar-refractivity contribution is -0.154. The van der Waals surface area contributed by atoms with Crippen LogP contribution in [0.5, 0.6) is 0 Å². The molecule has 1 rings (SSSR count). The van der Waals surface area contributed by atoms with Crippen molar-refractivity contribution in [3.8, 4) is 0 Å². The van der Waals surface area contributed by atoms with Crippen LogP contribution in [0.4, 0.5) is 0 Å². The smallest absolute Gasteiger partial charge is 0.306 e. The van der Waals surface area contributed by atoms with E-state index in [1.165, 1.54) is 6.07 Å². The highest BCUT2D eigenvalue weighted by Gasteiger charge is 2.19. The van der Waals surface area contributed by atoms with Gasteiger partial charge in [0.2, 0.25) is 10.0 Å². The number of hydrogen-bond acceptors (Lipinski definition) is 5. The minimum Gasteiger partial charge on any atom is -0.460 e. The average molecular weight is 463 g/mol. The third kappa shape index (κ3) is 6.77. The van der Waals surface area contributed by atoms with Crippen molar-refractivity contribution in [2.45, 2.75) is 43.4 Å². The largest absolute Gasteiger partial charge is 0.460 e. The minimum absolute atomic E-state index is 0.178. The highest BCUT2D eigenvalue weighted by Crippen LogP contribution is 2.34. The fourth-order valence-corrected chi connectivity index (χ4v) is 5.30. The molecule has 0 spiro atoms. The molecule has 120 valence electrons. The van der Waals surface area contributed by atoms with E-state index in [9.17, 15) is 13.2 Å². The fourth-order valence-electron chi connectivity index (χ4n) is 1.36. The molecule has 0 aliphatic carbocycles. The first-order valence-electron chi connectivity index (χ1n) is 6.17. The van der Waals surface area contributed by atoms with Gasteiger partial charge in [0.05, 0.1) is 3.79 Å². The van der Waals surface area contributed by atoms with Crippen LogP contribution < -0.4 is 4.72 Å². The summed E-state index contributed by atoms with van der Waals surface area (Å²) >= 11 is 7.62. The van der Waals surface area contributed by atoms with E-state index in [1.807, 2.05) is 0 Å². The van der Waals surface area contributed by atoms with Crippen LogP contribution in [0.3, 0.4) is 0 Å². The Morgan fingerprint density at radius 3 is 2.48 bits per heavy atom. The van der Waals surface area contributed by atoms with Crippen molar-refractivity contribution in [2.75, 3.05) is 6.54 Å². The molecule has 1 aromatic heterocycles. The zero-order chi connectivity index (χ0) is 16.3. The lowest BCUT2D eigenvalue weighted by atomic mass is 10.2. The molecule has 0 unspecified atom stereocenters. The summed E-state index contributed by atoms with van der Waals surface area (Å²) in [5.41, 5.74) is -0.522. The van der Waals surface area contributed by atoms with Gasteiger partial charge in [-0.2, -0.15) is 0 Å². The Kier molecular flexibility index (Phi) is 6.85. The molecule has 1 aromatic rings. The number of carbonyl (C=O) groups is 1. The highest BCUT2D eigenvalue weighted by atomic mass is 79.9. The Hall–Kier alpha value is 0.0400. The number of nitrogens with one attached hydrogen (secondary N) is 1. The van der Waals surface area contributed by atoms with Gasteiger partial charge in [0.1, 0.15) is 9.81 Å². The van der Waals surface area contributed by atoms with Gasteiger partial charge in [0.15, 0.2) is 0 Å². The number of hydrogen-bond donors (Lipinski definition) is 1. The summed E-state index contributed by atoms with van der Waals surface area (Å²) in [6.07, 6.45) is 0.569. The molecule has 0 aromatic carbocycles. The second-order valence-corrected chi connectivity index (χ2v) is 10.5. The van der Waals surface area contributed by atoms with Gasteiger partial charge in [-0.1, -0.05) is 0 Å². The first kappa shape index (κ1) is 19.1. The van der Waals surface area contributed by atoms with Gasteiger partial charge in [-0.25, -0.2) is 13.1 Å². The van der Waals surface area contributed by atoms with E-state index in [4.69, 9.17) is 4.74 Å². The highest BCUT2D eigenvalue weighted by molar-refractivity contribution is 9.13. The van der Waals surface area contributed by atoms with E-state index in [0.717, 1.165) is 15.1 Å². The van der Waals surface area contributed by atoms with Crippen molar-refractivity contribution >= 4 is 59.2 Å². The zero-order valence-corrected chi connectivity index (χ0v) is 16.7. The Bertz CT molecular complexity index is 586. The van der Waals surface area contributed by atoms with Crippen LogP contribution in [0.1, 0.15) is 33.6 Å². The molecular weight excluding hydrogens is 446 g/mol. The summed E-state index contributed by atoms with van der Waals surface area (Å²) in [5, 5.41) is 0. The zero-order valence-electron chi connectivity index (χ0n) is 11.9. The van der Waals surface area contributed by atoms with Crippen LogP contribution in [0.15, 0.2) is 18.5 Å². The molecule has 0 saturated heterocycles. The number of rotatable bonds is 6. The van der Waals surface area contributed by atoms with E-state index >= 15 is 0 Å². The Morgan fingerprint density at radius 1 is 1.38 bits per heavy atom. The number of carbonyl (C=O) groups excluding carboxylic acids is 1. The summed E-state index contributed by atoms with van der Waals surface area (Å²) in [5.74, 6) is -0.330. The predicted molar refractivity (Wildman–Crippen MR) is 90.0 cm³/mol. The van der Waals surface area contributed by atoms with Crippen LogP contribution in [0.25, 0.3) is 0 Å². The Labute approximate surface area is 145 Å². The molecule has 0 aliphatic rings. The molecule has 0 amide bonds. The predicted octanol–water partition coefficient (Wildman–Crippen LogP) is 3.67. The van der Waals surface area contributed by atoms with Crippen LogP contribution in [-0.2, 0) is 19.6 Å². The maximum Gasteiger partial charge on any atom is 0.306 e. The summed E-state index contributed by atoms with van der Waals surface area (Å²) in [6, 6.07) is 1.53. The molecule has 9 heteroatoms. The van der Waals surface area contributed by atoms with Crippen molar-refractivity contribution < 1.29 is 17.9 Å². The third-order valence-corrected chi connectivity index (χ3v) is 7.35. The van der Waals surface area contributed by atoms with Crippen LogP contribution >= 0.6 is 43.2 Å². The molecule has 5 nitrogen and oxygen atoms in total. The van der Waals surface area contributed by atoms with Crippen molar-refractivity contribution in [1.29, 1.82) is 0 Å². The summed E-state index contributed by atoms with van der Waals surface area (Å²) in [6.45, 7) is 5.56. The van der Waals surface area contributed by atoms with Crippen LogP contribution in [0, 0.1) is 0 Å². The first-order chi connectivity index (χ1) is 9.51. The normalized spacial score (nSPS) is 12.4. The van der Waals surface area contributed by atoms with E-state index in [2.05, 4.69) is 36.6 Å². The monoisotopic (exact) mass is 461 g/mol. The standard InChI is InChI=1S/C12H17Br2NO4S2/c1-12(2,3)19-9(16)5-4-6-15-21(17,18)10-7-8(13)11(14)20-10/h7,15H,4-6H2,1-3H3. The SMILES string of the molecule is CC(C)(C)OC(=O)CCCNS(=O)(=O)c1cc(Br)c(Br)s1. The second-order valence-electron chi connectivity index (χ2n) is 5.27. The quantitative estimate of drug-likeness (QED) is 0.517. The number of halogens is 2. The maximum atomic E-state index is 12.0. The van der Waals surface area contributed by atoms with E-state index in [-0.39, 0.29) is 23.1 Å². The second kappa shape index (κ2) is 7.54. The molecule has 21 heavy (non-hydrogen) atoms. The average Bonchev–Trinajstić information content (AvgIpc) is 2.64. The van der Waals surface area contributed by atoms with Gasteiger partial charge in [-0.3, -0.25) is 4.79 Å². The van der Waals surface area contributed by atoms with Gasteiger partial charge in [-0.15, -0.1) is 11.3 Å². The van der Waals surface area contributed by atoms with Gasteiger partial charge in [-0.05, 0) is 65.1 Å². The van der Waals surface area contributed by atoms with Crippen molar-refractivity contribution in [3.05, 3.63) is 14.3 Å². The van der Waals surface area contributed by atoms with E-state index in [0.29, 0.717) is 10.9 Å². The summed E-state index contributed by atoms with van der Waals surface area (Å²) < 4.78 is 33.3.